The van der Waals surface area contributed by atoms with Crippen molar-refractivity contribution in [3.8, 4) is 0 Å². The lowest BCUT2D eigenvalue weighted by Gasteiger charge is -2.20. The molecule has 0 spiro atoms. The van der Waals surface area contributed by atoms with Crippen LogP contribution in [0, 0.1) is 0 Å². The first-order valence-electron chi connectivity index (χ1n) is 6.50. The van der Waals surface area contributed by atoms with Gasteiger partial charge >= 0.3 is 5.97 Å². The molecule has 1 aliphatic rings. The lowest BCUT2D eigenvalue weighted by Crippen LogP contribution is -1.99. The van der Waals surface area contributed by atoms with Crippen LogP contribution in [-0.4, -0.2) is 27.8 Å². The molecule has 110 valence electrons. The normalized spacial score (nSPS) is 18.6. The van der Waals surface area contributed by atoms with Gasteiger partial charge in [-0.2, -0.15) is 0 Å². The van der Waals surface area contributed by atoms with Gasteiger partial charge in [-0.05, 0) is 48.3 Å². The zero-order valence-corrected chi connectivity index (χ0v) is 13.9. The van der Waals surface area contributed by atoms with E-state index < -0.39 is 5.97 Å². The van der Waals surface area contributed by atoms with Crippen LogP contribution in [0.4, 0.5) is 0 Å². The second kappa shape index (κ2) is 6.96. The van der Waals surface area contributed by atoms with E-state index in [4.69, 9.17) is 5.11 Å². The molecule has 0 amide bonds. The number of rotatable bonds is 3. The molecule has 0 radical (unpaired) electrons. The monoisotopic (exact) mass is 318 g/mol. The summed E-state index contributed by atoms with van der Waals surface area (Å²) in [4.78, 5) is 12.0. The molecular formula is C17H18O2S2. The molecule has 1 aromatic rings. The van der Waals surface area contributed by atoms with Crippen LogP contribution >= 0.6 is 22.2 Å². The molecule has 0 saturated carbocycles. The number of carboxylic acids is 1. The van der Waals surface area contributed by atoms with Crippen molar-refractivity contribution in [2.24, 2.45) is 0 Å². The average molecular weight is 318 g/mol. The number of allylic oxidation sites excluding steroid dienone is 4. The van der Waals surface area contributed by atoms with Crippen molar-refractivity contribution in [3.63, 3.8) is 0 Å². The highest BCUT2D eigenvalue weighted by Gasteiger charge is 2.14. The van der Waals surface area contributed by atoms with Gasteiger partial charge in [-0.15, -0.1) is 22.2 Å². The fraction of sp³-hybridized carbons (Fsp3) is 0.176. The third-order valence-electron chi connectivity index (χ3n) is 3.18. The molecule has 0 aliphatic carbocycles. The van der Waals surface area contributed by atoms with Crippen molar-refractivity contribution in [2.45, 2.75) is 11.8 Å². The minimum atomic E-state index is -0.915. The Hall–Kier alpha value is -1.52. The Labute approximate surface area is 132 Å². The third kappa shape index (κ3) is 3.77. The molecule has 0 aromatic heterocycles. The highest BCUT2D eigenvalue weighted by atomic mass is 32.2. The zero-order valence-electron chi connectivity index (χ0n) is 12.3. The summed E-state index contributed by atoms with van der Waals surface area (Å²) in [5.41, 5.74) is 3.10. The molecule has 2 rings (SSSR count). The van der Waals surface area contributed by atoms with Gasteiger partial charge in [0.15, 0.2) is 0 Å². The van der Waals surface area contributed by atoms with Crippen molar-refractivity contribution in [3.05, 3.63) is 59.7 Å². The van der Waals surface area contributed by atoms with Crippen LogP contribution in [0.5, 0.6) is 0 Å². The smallest absolute Gasteiger partial charge is 0.328 e. The van der Waals surface area contributed by atoms with Gasteiger partial charge in [-0.3, -0.25) is 0 Å². The molecule has 4 heteroatoms. The zero-order chi connectivity index (χ0) is 15.4. The largest absolute Gasteiger partial charge is 0.478 e. The van der Waals surface area contributed by atoms with E-state index in [2.05, 4.69) is 36.8 Å². The summed E-state index contributed by atoms with van der Waals surface area (Å²) >= 11 is 1.78. The van der Waals surface area contributed by atoms with Gasteiger partial charge in [0.2, 0.25) is 0 Å². The average Bonchev–Trinajstić information content (AvgIpc) is 2.46. The number of hydrogen-bond acceptors (Lipinski definition) is 2. The topological polar surface area (TPSA) is 37.3 Å². The summed E-state index contributed by atoms with van der Waals surface area (Å²) in [7, 11) is 0.114. The Balaban J connectivity index is 2.44. The van der Waals surface area contributed by atoms with Crippen LogP contribution in [0.3, 0.4) is 0 Å². The quantitative estimate of drug-likeness (QED) is 0.509. The van der Waals surface area contributed by atoms with E-state index in [9.17, 15) is 4.79 Å². The number of benzene rings is 1. The number of carboxylic acid groups (broad SMARTS) is 1. The number of hydrogen-bond donors (Lipinski definition) is 1. The van der Waals surface area contributed by atoms with Crippen molar-refractivity contribution in [2.75, 3.05) is 12.5 Å². The Bertz CT molecular complexity index is 694. The second-order valence-electron chi connectivity index (χ2n) is 4.69. The molecule has 0 bridgehead atoms. The van der Waals surface area contributed by atoms with E-state index in [1.807, 2.05) is 18.2 Å². The van der Waals surface area contributed by atoms with Crippen LogP contribution in [0.25, 0.3) is 5.57 Å². The lowest BCUT2D eigenvalue weighted by atomic mass is 10.0. The number of thioether (sulfide) groups is 1. The lowest BCUT2D eigenvalue weighted by molar-refractivity contribution is -0.131. The maximum Gasteiger partial charge on any atom is 0.328 e. The minimum Gasteiger partial charge on any atom is -0.478 e. The second-order valence-corrected chi connectivity index (χ2v) is 7.70. The SMILES string of the molecule is CSC1=S(C)c2ccccc2C(/C=C/C(C)=C/C(=O)O)=C1. The van der Waals surface area contributed by atoms with E-state index >= 15 is 0 Å². The molecule has 0 fully saturated rings. The summed E-state index contributed by atoms with van der Waals surface area (Å²) in [6.45, 7) is 1.80. The number of fused-ring (bicyclic) bond motifs is 1. The number of carbonyl (C=O) groups is 1. The predicted octanol–water partition coefficient (Wildman–Crippen LogP) is 4.42. The first-order chi connectivity index (χ1) is 10.0. The van der Waals surface area contributed by atoms with Crippen LogP contribution in [0.1, 0.15) is 12.5 Å². The summed E-state index contributed by atoms with van der Waals surface area (Å²) in [5.74, 6) is -0.915. The molecule has 1 aromatic carbocycles. The standard InChI is InChI=1S/C17H18O2S2/c1-12(10-16(18)19)8-9-13-11-17(20-2)21(3)15-7-5-4-6-14(13)15/h4-11H,1-3H3,(H,18,19)/b9-8+,12-10+. The van der Waals surface area contributed by atoms with Crippen molar-refractivity contribution in [1.29, 1.82) is 0 Å². The van der Waals surface area contributed by atoms with E-state index in [0.717, 1.165) is 11.1 Å². The highest BCUT2D eigenvalue weighted by molar-refractivity contribution is 8.33. The van der Waals surface area contributed by atoms with Crippen LogP contribution in [0.15, 0.2) is 59.0 Å². The van der Waals surface area contributed by atoms with Crippen LogP contribution in [0.2, 0.25) is 0 Å². The predicted molar refractivity (Wildman–Crippen MR) is 95.3 cm³/mol. The van der Waals surface area contributed by atoms with E-state index in [-0.39, 0.29) is 10.5 Å². The fourth-order valence-corrected chi connectivity index (χ4v) is 4.99. The van der Waals surface area contributed by atoms with Gasteiger partial charge < -0.3 is 5.11 Å². The van der Waals surface area contributed by atoms with Gasteiger partial charge in [0.05, 0.1) is 0 Å². The number of aliphatic carboxylic acids is 1. The van der Waals surface area contributed by atoms with Crippen molar-refractivity contribution in [1.82, 2.24) is 0 Å². The summed E-state index contributed by atoms with van der Waals surface area (Å²) in [6.07, 6.45) is 11.6. The van der Waals surface area contributed by atoms with Crippen LogP contribution in [-0.2, 0) is 4.79 Å². The first-order valence-corrected chi connectivity index (χ1v) is 9.36. The molecule has 2 nitrogen and oxygen atoms in total. The maximum atomic E-state index is 10.7. The third-order valence-corrected chi connectivity index (χ3v) is 6.69. The van der Waals surface area contributed by atoms with Gasteiger partial charge in [-0.1, -0.05) is 30.4 Å². The maximum absolute atomic E-state index is 10.7. The Morgan fingerprint density at radius 2 is 2.05 bits per heavy atom. The highest BCUT2D eigenvalue weighted by Crippen LogP contribution is 2.39. The first kappa shape index (κ1) is 15.9. The molecule has 21 heavy (non-hydrogen) atoms. The summed E-state index contributed by atoms with van der Waals surface area (Å²) < 4.78 is 1.35. The van der Waals surface area contributed by atoms with E-state index in [1.54, 1.807) is 18.7 Å². The minimum absolute atomic E-state index is 0.114. The van der Waals surface area contributed by atoms with E-state index in [0.29, 0.717) is 0 Å². The molecular weight excluding hydrogens is 300 g/mol. The van der Waals surface area contributed by atoms with Gasteiger partial charge in [0.25, 0.3) is 0 Å². The van der Waals surface area contributed by atoms with Crippen molar-refractivity contribution < 1.29 is 9.90 Å². The Morgan fingerprint density at radius 1 is 1.33 bits per heavy atom. The Kier molecular flexibility index (Phi) is 5.26. The summed E-state index contributed by atoms with van der Waals surface area (Å²) in [5, 5.41) is 8.76. The van der Waals surface area contributed by atoms with Crippen molar-refractivity contribution >= 4 is 38.0 Å². The molecule has 1 aliphatic heterocycles. The fourth-order valence-electron chi connectivity index (χ4n) is 2.16. The molecule has 0 saturated heterocycles. The van der Waals surface area contributed by atoms with Gasteiger partial charge in [0, 0.05) is 15.2 Å². The molecule has 1 heterocycles. The van der Waals surface area contributed by atoms with Crippen LogP contribution < -0.4 is 0 Å². The molecule has 1 unspecified atom stereocenters. The summed E-state index contributed by atoms with van der Waals surface area (Å²) in [6, 6.07) is 8.42. The molecule has 1 atom stereocenters. The van der Waals surface area contributed by atoms with Gasteiger partial charge in [0.1, 0.15) is 0 Å². The Morgan fingerprint density at radius 3 is 2.71 bits per heavy atom. The van der Waals surface area contributed by atoms with Gasteiger partial charge in [-0.25, -0.2) is 4.79 Å². The van der Waals surface area contributed by atoms with E-state index in [1.165, 1.54) is 20.7 Å². The molecule has 1 N–H and O–H groups in total.